The van der Waals surface area contributed by atoms with E-state index in [4.69, 9.17) is 9.29 Å². The summed E-state index contributed by atoms with van der Waals surface area (Å²) in [6.07, 6.45) is 0. The lowest BCUT2D eigenvalue weighted by molar-refractivity contribution is 0.0526. The zero-order valence-electron chi connectivity index (χ0n) is 12.2. The van der Waals surface area contributed by atoms with E-state index in [0.29, 0.717) is 42.6 Å². The number of hydrogen-bond donors (Lipinski definition) is 3. The lowest BCUT2D eigenvalue weighted by atomic mass is 10.2. The van der Waals surface area contributed by atoms with Crippen LogP contribution in [0.3, 0.4) is 0 Å². The predicted octanol–water partition coefficient (Wildman–Crippen LogP) is 1.40. The molecule has 0 amide bonds. The molecule has 0 aromatic heterocycles. The van der Waals surface area contributed by atoms with Gasteiger partial charge >= 0.3 is 15.1 Å². The first-order valence-corrected chi connectivity index (χ1v) is 9.70. The standard InChI is InChI=1S/C13H20N2O5S2/c1-2-20-13(16)11-3-5-12(6-4-11)15-8-7-14-9-10-21-22(17,18)19/h3-6,14-15H,2,7-10H2,1H3,(H,17,18,19). The van der Waals surface area contributed by atoms with Crippen molar-refractivity contribution >= 4 is 31.6 Å². The van der Waals surface area contributed by atoms with Crippen molar-refractivity contribution in [3.63, 3.8) is 0 Å². The number of anilines is 1. The lowest BCUT2D eigenvalue weighted by Crippen LogP contribution is -2.24. The van der Waals surface area contributed by atoms with E-state index in [2.05, 4.69) is 10.6 Å². The molecule has 0 heterocycles. The van der Waals surface area contributed by atoms with Gasteiger partial charge in [0, 0.05) is 31.1 Å². The number of hydrogen-bond acceptors (Lipinski definition) is 7. The molecular weight excluding hydrogens is 328 g/mol. The molecule has 0 atom stereocenters. The molecule has 0 unspecified atom stereocenters. The van der Waals surface area contributed by atoms with Gasteiger partial charge in [-0.3, -0.25) is 4.55 Å². The minimum absolute atomic E-state index is 0.285. The van der Waals surface area contributed by atoms with Crippen molar-refractivity contribution in [2.24, 2.45) is 0 Å². The highest BCUT2D eigenvalue weighted by Crippen LogP contribution is 2.10. The Hall–Kier alpha value is -1.29. The van der Waals surface area contributed by atoms with E-state index in [1.165, 1.54) is 0 Å². The van der Waals surface area contributed by atoms with Crippen LogP contribution < -0.4 is 10.6 Å². The molecule has 0 spiro atoms. The Balaban J connectivity index is 2.19. The minimum atomic E-state index is -3.95. The highest BCUT2D eigenvalue weighted by atomic mass is 33.1. The summed E-state index contributed by atoms with van der Waals surface area (Å²) in [5.74, 6) is -0.0559. The van der Waals surface area contributed by atoms with Gasteiger partial charge in [0.2, 0.25) is 0 Å². The van der Waals surface area contributed by atoms with Crippen LogP contribution >= 0.6 is 10.8 Å². The Bertz CT molecular complexity index is 560. The van der Waals surface area contributed by atoms with E-state index in [1.54, 1.807) is 31.2 Å². The van der Waals surface area contributed by atoms with E-state index in [-0.39, 0.29) is 11.7 Å². The highest BCUT2D eigenvalue weighted by molar-refractivity contribution is 8.69. The maximum Gasteiger partial charge on any atom is 0.338 e. The topological polar surface area (TPSA) is 105 Å². The second kappa shape index (κ2) is 9.67. The molecule has 9 heteroatoms. The monoisotopic (exact) mass is 348 g/mol. The van der Waals surface area contributed by atoms with Crippen LogP contribution in [0, 0.1) is 0 Å². The van der Waals surface area contributed by atoms with E-state index >= 15 is 0 Å². The largest absolute Gasteiger partial charge is 0.462 e. The van der Waals surface area contributed by atoms with Crippen molar-refractivity contribution in [3.05, 3.63) is 29.8 Å². The molecule has 1 aromatic carbocycles. The Labute approximate surface area is 134 Å². The summed E-state index contributed by atoms with van der Waals surface area (Å²) < 4.78 is 34.4. The van der Waals surface area contributed by atoms with Gasteiger partial charge < -0.3 is 15.4 Å². The summed E-state index contributed by atoms with van der Waals surface area (Å²) in [5.41, 5.74) is 1.38. The van der Waals surface area contributed by atoms with Gasteiger partial charge in [0.25, 0.3) is 0 Å². The normalized spacial score (nSPS) is 11.2. The van der Waals surface area contributed by atoms with Gasteiger partial charge in [-0.15, -0.1) is 0 Å². The average molecular weight is 348 g/mol. The molecule has 0 fully saturated rings. The zero-order valence-corrected chi connectivity index (χ0v) is 13.9. The third kappa shape index (κ3) is 8.23. The summed E-state index contributed by atoms with van der Waals surface area (Å²) in [7, 11) is -3.45. The summed E-state index contributed by atoms with van der Waals surface area (Å²) in [6, 6.07) is 6.97. The van der Waals surface area contributed by atoms with Crippen LogP contribution in [0.2, 0.25) is 0 Å². The molecule has 0 aliphatic heterocycles. The zero-order chi connectivity index (χ0) is 16.4. The van der Waals surface area contributed by atoms with Gasteiger partial charge in [-0.05, 0) is 42.0 Å². The lowest BCUT2D eigenvalue weighted by Gasteiger charge is -2.08. The smallest absolute Gasteiger partial charge is 0.338 e. The SMILES string of the molecule is CCOC(=O)c1ccc(NCCNCCSS(=O)(=O)O)cc1. The number of benzene rings is 1. The fourth-order valence-electron chi connectivity index (χ4n) is 1.58. The van der Waals surface area contributed by atoms with Gasteiger partial charge in [0.15, 0.2) is 0 Å². The van der Waals surface area contributed by atoms with Crippen molar-refractivity contribution in [1.82, 2.24) is 5.32 Å². The molecule has 0 saturated carbocycles. The van der Waals surface area contributed by atoms with E-state index in [1.807, 2.05) is 0 Å². The molecule has 1 rings (SSSR count). The molecule has 3 N–H and O–H groups in total. The highest BCUT2D eigenvalue weighted by Gasteiger charge is 2.05. The molecule has 7 nitrogen and oxygen atoms in total. The molecule has 22 heavy (non-hydrogen) atoms. The van der Waals surface area contributed by atoms with Gasteiger partial charge in [-0.25, -0.2) is 4.79 Å². The van der Waals surface area contributed by atoms with Crippen LogP contribution in [0.5, 0.6) is 0 Å². The molecule has 0 radical (unpaired) electrons. The first kappa shape index (κ1) is 18.8. The maximum absolute atomic E-state index is 11.5. The first-order chi connectivity index (χ1) is 10.4. The molecule has 124 valence electrons. The Morgan fingerprint density at radius 1 is 1.23 bits per heavy atom. The van der Waals surface area contributed by atoms with E-state index < -0.39 is 9.15 Å². The number of ether oxygens (including phenoxy) is 1. The summed E-state index contributed by atoms with van der Waals surface area (Å²) in [6.45, 7) is 3.88. The van der Waals surface area contributed by atoms with E-state index in [9.17, 15) is 13.2 Å². The van der Waals surface area contributed by atoms with Gasteiger partial charge in [0.1, 0.15) is 0 Å². The van der Waals surface area contributed by atoms with Crippen LogP contribution in [-0.4, -0.2) is 50.9 Å². The molecular formula is C13H20N2O5S2. The van der Waals surface area contributed by atoms with Crippen LogP contribution in [0.4, 0.5) is 5.69 Å². The van der Waals surface area contributed by atoms with Gasteiger partial charge in [-0.2, -0.15) is 8.42 Å². The number of nitrogens with one attached hydrogen (secondary N) is 2. The summed E-state index contributed by atoms with van der Waals surface area (Å²) >= 11 is 0. The van der Waals surface area contributed by atoms with Gasteiger partial charge in [0.05, 0.1) is 12.2 Å². The molecule has 0 bridgehead atoms. The van der Waals surface area contributed by atoms with Crippen LogP contribution in [0.15, 0.2) is 24.3 Å². The van der Waals surface area contributed by atoms with Crippen molar-refractivity contribution < 1.29 is 22.5 Å². The third-order valence-electron chi connectivity index (χ3n) is 2.54. The van der Waals surface area contributed by atoms with E-state index in [0.717, 1.165) is 5.69 Å². The second-order valence-electron chi connectivity index (χ2n) is 4.22. The van der Waals surface area contributed by atoms with Crippen molar-refractivity contribution in [3.8, 4) is 0 Å². The van der Waals surface area contributed by atoms with Crippen LogP contribution in [-0.2, 0) is 13.9 Å². The number of rotatable bonds is 10. The van der Waals surface area contributed by atoms with Crippen molar-refractivity contribution in [1.29, 1.82) is 0 Å². The van der Waals surface area contributed by atoms with Crippen LogP contribution in [0.25, 0.3) is 0 Å². The van der Waals surface area contributed by atoms with Crippen LogP contribution in [0.1, 0.15) is 17.3 Å². The first-order valence-electron chi connectivity index (χ1n) is 6.76. The number of esters is 1. The van der Waals surface area contributed by atoms with Crippen molar-refractivity contribution in [2.75, 3.05) is 37.3 Å². The molecule has 0 saturated heterocycles. The fraction of sp³-hybridized carbons (Fsp3) is 0.462. The van der Waals surface area contributed by atoms with Gasteiger partial charge in [-0.1, -0.05) is 0 Å². The Kier molecular flexibility index (Phi) is 8.25. The summed E-state index contributed by atoms with van der Waals surface area (Å²) in [4.78, 5) is 11.5. The average Bonchev–Trinajstić information content (AvgIpc) is 2.46. The number of carbonyl (C=O) groups excluding carboxylic acids is 1. The Morgan fingerprint density at radius 2 is 1.91 bits per heavy atom. The quantitative estimate of drug-likeness (QED) is 0.252. The van der Waals surface area contributed by atoms with Crippen molar-refractivity contribution in [2.45, 2.75) is 6.92 Å². The molecule has 0 aliphatic rings. The third-order valence-corrected chi connectivity index (χ3v) is 4.60. The maximum atomic E-state index is 11.5. The minimum Gasteiger partial charge on any atom is -0.462 e. The molecule has 1 aromatic rings. The fourth-order valence-corrected chi connectivity index (χ4v) is 2.90. The Morgan fingerprint density at radius 3 is 2.50 bits per heavy atom. The second-order valence-corrected chi connectivity index (χ2v) is 7.69. The summed E-state index contributed by atoms with van der Waals surface area (Å²) in [5, 5.41) is 6.20. The molecule has 0 aliphatic carbocycles. The number of carbonyl (C=O) groups is 1. The predicted molar refractivity (Wildman–Crippen MR) is 87.8 cm³/mol.